The van der Waals surface area contributed by atoms with E-state index in [0.717, 1.165) is 5.69 Å². The highest BCUT2D eigenvalue weighted by atomic mass is 16.3. The summed E-state index contributed by atoms with van der Waals surface area (Å²) < 4.78 is 1.63. The first kappa shape index (κ1) is 11.5. The van der Waals surface area contributed by atoms with Crippen molar-refractivity contribution in [2.75, 3.05) is 18.5 Å². The van der Waals surface area contributed by atoms with Crippen molar-refractivity contribution < 1.29 is 5.11 Å². The number of para-hydroxylation sites is 1. The Bertz CT molecular complexity index is 456. The van der Waals surface area contributed by atoms with Gasteiger partial charge in [0.1, 0.15) is 0 Å². The molecular formula is C11H15N5O. The summed E-state index contributed by atoms with van der Waals surface area (Å²) in [7, 11) is 0. The minimum absolute atomic E-state index is 0.139. The third-order valence-electron chi connectivity index (χ3n) is 2.39. The van der Waals surface area contributed by atoms with Crippen LogP contribution < -0.4 is 5.32 Å². The van der Waals surface area contributed by atoms with Crippen molar-refractivity contribution in [3.63, 3.8) is 0 Å². The van der Waals surface area contributed by atoms with Crippen molar-refractivity contribution in [2.24, 2.45) is 5.92 Å². The molecule has 17 heavy (non-hydrogen) atoms. The number of hydrogen-bond acceptors (Lipinski definition) is 5. The maximum Gasteiger partial charge on any atom is 0.247 e. The minimum atomic E-state index is 0.139. The normalized spacial score (nSPS) is 12.4. The van der Waals surface area contributed by atoms with Crippen molar-refractivity contribution in [1.29, 1.82) is 0 Å². The average molecular weight is 233 g/mol. The van der Waals surface area contributed by atoms with E-state index < -0.39 is 0 Å². The van der Waals surface area contributed by atoms with E-state index in [1.165, 1.54) is 0 Å². The second kappa shape index (κ2) is 5.40. The molecular weight excluding hydrogens is 218 g/mol. The van der Waals surface area contributed by atoms with E-state index in [9.17, 15) is 0 Å². The van der Waals surface area contributed by atoms with Gasteiger partial charge in [0.25, 0.3) is 0 Å². The number of hydrogen-bond donors (Lipinski definition) is 2. The van der Waals surface area contributed by atoms with Crippen molar-refractivity contribution in [3.8, 4) is 5.69 Å². The molecule has 0 radical (unpaired) electrons. The zero-order valence-corrected chi connectivity index (χ0v) is 9.61. The average Bonchev–Trinajstić information content (AvgIpc) is 2.85. The number of aliphatic hydroxyl groups excluding tert-OH is 1. The highest BCUT2D eigenvalue weighted by Gasteiger charge is 2.08. The molecule has 1 aromatic carbocycles. The topological polar surface area (TPSA) is 75.9 Å². The second-order valence-corrected chi connectivity index (χ2v) is 3.92. The van der Waals surface area contributed by atoms with Crippen LogP contribution in [0.3, 0.4) is 0 Å². The van der Waals surface area contributed by atoms with E-state index in [4.69, 9.17) is 5.11 Å². The highest BCUT2D eigenvalue weighted by Crippen LogP contribution is 2.10. The van der Waals surface area contributed by atoms with Gasteiger partial charge in [0.05, 0.1) is 5.69 Å². The summed E-state index contributed by atoms with van der Waals surface area (Å²) >= 11 is 0. The van der Waals surface area contributed by atoms with Crippen LogP contribution in [0, 0.1) is 5.92 Å². The number of anilines is 1. The third-order valence-corrected chi connectivity index (χ3v) is 2.39. The molecule has 90 valence electrons. The quantitative estimate of drug-likeness (QED) is 0.795. The molecule has 0 saturated heterocycles. The van der Waals surface area contributed by atoms with E-state index >= 15 is 0 Å². The fraction of sp³-hybridized carbons (Fsp3) is 0.364. The van der Waals surface area contributed by atoms with Crippen molar-refractivity contribution >= 4 is 5.95 Å². The fourth-order valence-electron chi connectivity index (χ4n) is 1.37. The van der Waals surface area contributed by atoms with Gasteiger partial charge in [-0.3, -0.25) is 0 Å². The second-order valence-electron chi connectivity index (χ2n) is 3.92. The monoisotopic (exact) mass is 233 g/mol. The highest BCUT2D eigenvalue weighted by molar-refractivity contribution is 5.38. The van der Waals surface area contributed by atoms with Crippen LogP contribution in [-0.2, 0) is 0 Å². The van der Waals surface area contributed by atoms with Crippen LogP contribution in [0.25, 0.3) is 5.69 Å². The molecule has 2 rings (SSSR count). The zero-order chi connectivity index (χ0) is 12.1. The molecule has 6 nitrogen and oxygen atoms in total. The number of tetrazole rings is 1. The molecule has 0 fully saturated rings. The summed E-state index contributed by atoms with van der Waals surface area (Å²) in [6, 6.07) is 9.65. The molecule has 6 heteroatoms. The van der Waals surface area contributed by atoms with Gasteiger partial charge in [-0.1, -0.05) is 30.2 Å². The first-order chi connectivity index (χ1) is 8.31. The van der Waals surface area contributed by atoms with Gasteiger partial charge in [0, 0.05) is 13.2 Å². The third kappa shape index (κ3) is 2.79. The Balaban J connectivity index is 2.12. The van der Waals surface area contributed by atoms with Gasteiger partial charge in [-0.2, -0.15) is 4.68 Å². The number of aliphatic hydroxyl groups is 1. The summed E-state index contributed by atoms with van der Waals surface area (Å²) in [5, 5.41) is 23.5. The van der Waals surface area contributed by atoms with Gasteiger partial charge in [0.15, 0.2) is 0 Å². The summed E-state index contributed by atoms with van der Waals surface area (Å²) in [6.45, 7) is 2.72. The van der Waals surface area contributed by atoms with E-state index in [1.807, 2.05) is 37.3 Å². The van der Waals surface area contributed by atoms with Gasteiger partial charge >= 0.3 is 0 Å². The molecule has 0 aliphatic carbocycles. The Morgan fingerprint density at radius 2 is 2.12 bits per heavy atom. The Labute approximate surface area is 99.3 Å². The number of nitrogens with zero attached hydrogens (tertiary/aromatic N) is 4. The smallest absolute Gasteiger partial charge is 0.247 e. The predicted molar refractivity (Wildman–Crippen MR) is 63.9 cm³/mol. The molecule has 1 heterocycles. The van der Waals surface area contributed by atoms with Gasteiger partial charge in [0.2, 0.25) is 5.95 Å². The van der Waals surface area contributed by atoms with Crippen molar-refractivity contribution in [3.05, 3.63) is 30.3 Å². The minimum Gasteiger partial charge on any atom is -0.396 e. The molecule has 1 atom stereocenters. The van der Waals surface area contributed by atoms with Crippen LogP contribution in [-0.4, -0.2) is 38.5 Å². The predicted octanol–water partition coefficient (Wildman–Crippen LogP) is 0.703. The Hall–Kier alpha value is -1.95. The Morgan fingerprint density at radius 1 is 1.35 bits per heavy atom. The number of aromatic nitrogens is 4. The summed E-state index contributed by atoms with van der Waals surface area (Å²) in [5.41, 5.74) is 0.900. The largest absolute Gasteiger partial charge is 0.396 e. The van der Waals surface area contributed by atoms with Gasteiger partial charge < -0.3 is 10.4 Å². The van der Waals surface area contributed by atoms with E-state index in [-0.39, 0.29) is 12.5 Å². The van der Waals surface area contributed by atoms with Crippen LogP contribution in [0.4, 0.5) is 5.95 Å². The Morgan fingerprint density at radius 3 is 2.82 bits per heavy atom. The fourth-order valence-corrected chi connectivity index (χ4v) is 1.37. The standard InChI is InChI=1S/C11H15N5O/c1-9(8-17)7-12-11-13-14-15-16(11)10-5-3-2-4-6-10/h2-6,9,17H,7-8H2,1H3,(H,12,13,15). The number of benzene rings is 1. The van der Waals surface area contributed by atoms with Crippen LogP contribution in [0.15, 0.2) is 30.3 Å². The van der Waals surface area contributed by atoms with E-state index in [1.54, 1.807) is 4.68 Å². The SMILES string of the molecule is CC(CO)CNc1nnnn1-c1ccccc1. The lowest BCUT2D eigenvalue weighted by Gasteiger charge is -2.10. The van der Waals surface area contributed by atoms with Gasteiger partial charge in [-0.05, 0) is 28.5 Å². The molecule has 1 unspecified atom stereocenters. The van der Waals surface area contributed by atoms with Gasteiger partial charge in [-0.25, -0.2) is 0 Å². The molecule has 0 aliphatic heterocycles. The molecule has 0 amide bonds. The first-order valence-corrected chi connectivity index (χ1v) is 5.50. The van der Waals surface area contributed by atoms with E-state index in [2.05, 4.69) is 20.8 Å². The molecule has 0 aliphatic rings. The van der Waals surface area contributed by atoms with Crippen LogP contribution in [0.1, 0.15) is 6.92 Å². The molecule has 0 bridgehead atoms. The van der Waals surface area contributed by atoms with Crippen molar-refractivity contribution in [2.45, 2.75) is 6.92 Å². The Kier molecular flexibility index (Phi) is 3.66. The summed E-state index contributed by atoms with van der Waals surface area (Å²) in [4.78, 5) is 0. The molecule has 0 spiro atoms. The number of rotatable bonds is 5. The van der Waals surface area contributed by atoms with Crippen LogP contribution in [0.2, 0.25) is 0 Å². The van der Waals surface area contributed by atoms with Crippen LogP contribution >= 0.6 is 0 Å². The first-order valence-electron chi connectivity index (χ1n) is 5.50. The van der Waals surface area contributed by atoms with Gasteiger partial charge in [-0.15, -0.1) is 0 Å². The summed E-state index contributed by atoms with van der Waals surface area (Å²) in [5.74, 6) is 0.743. The molecule has 1 aromatic heterocycles. The lowest BCUT2D eigenvalue weighted by molar-refractivity contribution is 0.244. The number of nitrogens with one attached hydrogen (secondary N) is 1. The zero-order valence-electron chi connectivity index (χ0n) is 9.61. The lowest BCUT2D eigenvalue weighted by Crippen LogP contribution is -2.17. The van der Waals surface area contributed by atoms with Crippen LogP contribution in [0.5, 0.6) is 0 Å². The van der Waals surface area contributed by atoms with Crippen molar-refractivity contribution in [1.82, 2.24) is 20.2 Å². The maximum atomic E-state index is 8.95. The maximum absolute atomic E-state index is 8.95. The molecule has 2 N–H and O–H groups in total. The van der Waals surface area contributed by atoms with E-state index in [0.29, 0.717) is 12.5 Å². The lowest BCUT2D eigenvalue weighted by atomic mass is 10.2. The molecule has 2 aromatic rings. The summed E-state index contributed by atoms with van der Waals surface area (Å²) in [6.07, 6.45) is 0. The molecule has 0 saturated carbocycles.